The summed E-state index contributed by atoms with van der Waals surface area (Å²) in [5, 5.41) is 10.2. The minimum atomic E-state index is -0.394. The summed E-state index contributed by atoms with van der Waals surface area (Å²) >= 11 is 0. The molecule has 0 saturated carbocycles. The fourth-order valence-corrected chi connectivity index (χ4v) is 3.65. The Hall–Kier alpha value is -1.06. The van der Waals surface area contributed by atoms with Gasteiger partial charge in [-0.3, -0.25) is 4.90 Å². The molecule has 1 heterocycles. The lowest BCUT2D eigenvalue weighted by Crippen LogP contribution is -2.30. The number of ether oxygens (including phenoxy) is 1. The van der Waals surface area contributed by atoms with Crippen LogP contribution in [0.15, 0.2) is 18.2 Å². The highest BCUT2D eigenvalue weighted by Gasteiger charge is 2.21. The van der Waals surface area contributed by atoms with Crippen molar-refractivity contribution in [2.45, 2.75) is 83.8 Å². The van der Waals surface area contributed by atoms with Gasteiger partial charge in [0.25, 0.3) is 0 Å². The number of β-amino-alcohol motifs (C(OH)–C–C–N with tert-alkyl or cyclic N) is 1. The fraction of sp³-hybridized carbons (Fsp3) is 0.727. The maximum Gasteiger partial charge on any atom is 0.119 e. The van der Waals surface area contributed by atoms with E-state index in [0.29, 0.717) is 6.54 Å². The number of aliphatic hydroxyl groups excluding tert-OH is 1. The van der Waals surface area contributed by atoms with Crippen LogP contribution in [-0.2, 0) is 6.54 Å². The van der Waals surface area contributed by atoms with Gasteiger partial charge in [0.15, 0.2) is 0 Å². The molecule has 1 N–H and O–H groups in total. The first-order valence-corrected chi connectivity index (χ1v) is 10.3. The van der Waals surface area contributed by atoms with Crippen LogP contribution in [0.4, 0.5) is 0 Å². The molecule has 0 bridgehead atoms. The van der Waals surface area contributed by atoms with Crippen molar-refractivity contribution in [1.82, 2.24) is 4.90 Å². The molecule has 0 amide bonds. The van der Waals surface area contributed by atoms with Crippen LogP contribution >= 0.6 is 0 Å². The standard InChI is InChI=1S/C22H37NO2/c1-3-4-5-6-7-8-9-10-11-12-15-25-20-14-13-19-17-23(2)18-22(24)21(19)16-20/h13-14,16,22,24H,3-12,15,17-18H2,1-2H3/t22-/m0/s1. The van der Waals surface area contributed by atoms with Crippen molar-refractivity contribution in [3.63, 3.8) is 0 Å². The van der Waals surface area contributed by atoms with Gasteiger partial charge in [0.2, 0.25) is 0 Å². The highest BCUT2D eigenvalue weighted by Crippen LogP contribution is 2.29. The number of nitrogens with zero attached hydrogens (tertiary/aromatic N) is 1. The SMILES string of the molecule is CCCCCCCCCCCCOc1ccc2c(c1)[C@@H](O)CN(C)C2. The second kappa shape index (κ2) is 11.5. The zero-order valence-corrected chi connectivity index (χ0v) is 16.3. The first-order chi connectivity index (χ1) is 12.2. The van der Waals surface area contributed by atoms with Crippen molar-refractivity contribution >= 4 is 0 Å². The van der Waals surface area contributed by atoms with Gasteiger partial charge in [-0.2, -0.15) is 0 Å². The lowest BCUT2D eigenvalue weighted by molar-refractivity contribution is 0.107. The van der Waals surface area contributed by atoms with Crippen molar-refractivity contribution in [2.75, 3.05) is 20.2 Å². The molecular formula is C22H37NO2. The van der Waals surface area contributed by atoms with E-state index in [-0.39, 0.29) is 0 Å². The molecule has 0 aliphatic carbocycles. The zero-order chi connectivity index (χ0) is 17.9. The molecule has 1 atom stereocenters. The first kappa shape index (κ1) is 20.3. The summed E-state index contributed by atoms with van der Waals surface area (Å²) in [4.78, 5) is 2.15. The first-order valence-electron chi connectivity index (χ1n) is 10.3. The fourth-order valence-electron chi connectivity index (χ4n) is 3.65. The van der Waals surface area contributed by atoms with Gasteiger partial charge in [0, 0.05) is 13.1 Å². The molecule has 25 heavy (non-hydrogen) atoms. The van der Waals surface area contributed by atoms with E-state index >= 15 is 0 Å². The van der Waals surface area contributed by atoms with Crippen LogP contribution in [0.3, 0.4) is 0 Å². The highest BCUT2D eigenvalue weighted by molar-refractivity contribution is 5.38. The average Bonchev–Trinajstić information content (AvgIpc) is 2.60. The molecule has 1 aliphatic heterocycles. The van der Waals surface area contributed by atoms with Crippen molar-refractivity contribution in [3.8, 4) is 5.75 Å². The minimum Gasteiger partial charge on any atom is -0.494 e. The van der Waals surface area contributed by atoms with E-state index in [1.165, 1.54) is 63.4 Å². The van der Waals surface area contributed by atoms with Crippen LogP contribution in [0.25, 0.3) is 0 Å². The lowest BCUT2D eigenvalue weighted by atomic mass is 9.97. The monoisotopic (exact) mass is 347 g/mol. The van der Waals surface area contributed by atoms with Gasteiger partial charge in [-0.05, 0) is 36.7 Å². The molecule has 1 aromatic rings. The Morgan fingerprint density at radius 3 is 2.32 bits per heavy atom. The zero-order valence-electron chi connectivity index (χ0n) is 16.3. The molecule has 2 rings (SSSR count). The third kappa shape index (κ3) is 7.37. The van der Waals surface area contributed by atoms with E-state index in [0.717, 1.165) is 30.9 Å². The predicted molar refractivity (Wildman–Crippen MR) is 105 cm³/mol. The van der Waals surface area contributed by atoms with Crippen LogP contribution in [0, 0.1) is 0 Å². The van der Waals surface area contributed by atoms with E-state index in [1.54, 1.807) is 0 Å². The number of likely N-dealkylation sites (N-methyl/N-ethyl adjacent to an activating group) is 1. The van der Waals surface area contributed by atoms with Gasteiger partial charge < -0.3 is 9.84 Å². The van der Waals surface area contributed by atoms with Crippen molar-refractivity contribution in [3.05, 3.63) is 29.3 Å². The van der Waals surface area contributed by atoms with E-state index in [9.17, 15) is 5.11 Å². The summed E-state index contributed by atoms with van der Waals surface area (Å²) in [6.45, 7) is 4.66. The van der Waals surface area contributed by atoms with E-state index in [2.05, 4.69) is 17.9 Å². The molecule has 142 valence electrons. The third-order valence-corrected chi connectivity index (χ3v) is 5.17. The van der Waals surface area contributed by atoms with Gasteiger partial charge in [0.1, 0.15) is 5.75 Å². The Morgan fingerprint density at radius 1 is 1.00 bits per heavy atom. The van der Waals surface area contributed by atoms with Gasteiger partial charge >= 0.3 is 0 Å². The second-order valence-electron chi connectivity index (χ2n) is 7.60. The molecule has 1 aromatic carbocycles. The Balaban J connectivity index is 1.55. The quantitative estimate of drug-likeness (QED) is 0.509. The van der Waals surface area contributed by atoms with Crippen LogP contribution in [0.5, 0.6) is 5.75 Å². The van der Waals surface area contributed by atoms with Gasteiger partial charge in [-0.25, -0.2) is 0 Å². The third-order valence-electron chi connectivity index (χ3n) is 5.17. The van der Waals surface area contributed by atoms with Crippen molar-refractivity contribution in [2.24, 2.45) is 0 Å². The number of fused-ring (bicyclic) bond motifs is 1. The molecule has 0 radical (unpaired) electrons. The molecule has 1 aliphatic rings. The Labute approximate surface area is 154 Å². The number of hydrogen-bond donors (Lipinski definition) is 1. The van der Waals surface area contributed by atoms with E-state index in [1.807, 2.05) is 19.2 Å². The van der Waals surface area contributed by atoms with E-state index < -0.39 is 6.10 Å². The number of benzene rings is 1. The van der Waals surface area contributed by atoms with Crippen LogP contribution in [0.2, 0.25) is 0 Å². The largest absolute Gasteiger partial charge is 0.494 e. The molecule has 0 fully saturated rings. The van der Waals surface area contributed by atoms with Crippen molar-refractivity contribution < 1.29 is 9.84 Å². The Kier molecular flexibility index (Phi) is 9.35. The summed E-state index contributed by atoms with van der Waals surface area (Å²) in [5.41, 5.74) is 2.26. The molecular weight excluding hydrogens is 310 g/mol. The Bertz CT molecular complexity index is 489. The van der Waals surface area contributed by atoms with Crippen molar-refractivity contribution in [1.29, 1.82) is 0 Å². The van der Waals surface area contributed by atoms with Gasteiger partial charge in [-0.15, -0.1) is 0 Å². The number of aliphatic hydroxyl groups is 1. The summed E-state index contributed by atoms with van der Waals surface area (Å²) in [6, 6.07) is 6.17. The topological polar surface area (TPSA) is 32.7 Å². The second-order valence-corrected chi connectivity index (χ2v) is 7.60. The highest BCUT2D eigenvalue weighted by atomic mass is 16.5. The maximum atomic E-state index is 10.2. The smallest absolute Gasteiger partial charge is 0.119 e. The average molecular weight is 348 g/mol. The predicted octanol–water partition coefficient (Wildman–Crippen LogP) is 5.47. The normalized spacial score (nSPS) is 17.5. The van der Waals surface area contributed by atoms with E-state index in [4.69, 9.17) is 4.74 Å². The Morgan fingerprint density at radius 2 is 1.64 bits per heavy atom. The van der Waals surface area contributed by atoms with Gasteiger partial charge in [0.05, 0.1) is 12.7 Å². The summed E-state index contributed by atoms with van der Waals surface area (Å²) in [6.07, 6.45) is 13.0. The van der Waals surface area contributed by atoms with Crippen LogP contribution in [-0.4, -0.2) is 30.2 Å². The molecule has 0 spiro atoms. The number of unbranched alkanes of at least 4 members (excludes halogenated alkanes) is 9. The lowest BCUT2D eigenvalue weighted by Gasteiger charge is -2.29. The molecule has 3 nitrogen and oxygen atoms in total. The summed E-state index contributed by atoms with van der Waals surface area (Å²) in [7, 11) is 2.04. The minimum absolute atomic E-state index is 0.394. The molecule has 0 saturated heterocycles. The molecule has 0 aromatic heterocycles. The summed E-state index contributed by atoms with van der Waals surface area (Å²) in [5.74, 6) is 0.901. The molecule has 3 heteroatoms. The summed E-state index contributed by atoms with van der Waals surface area (Å²) < 4.78 is 5.89. The number of rotatable bonds is 12. The van der Waals surface area contributed by atoms with Crippen LogP contribution < -0.4 is 4.74 Å². The molecule has 0 unspecified atom stereocenters. The maximum absolute atomic E-state index is 10.2. The van der Waals surface area contributed by atoms with Gasteiger partial charge in [-0.1, -0.05) is 70.8 Å². The van der Waals surface area contributed by atoms with Crippen LogP contribution in [0.1, 0.15) is 88.4 Å². The number of hydrogen-bond acceptors (Lipinski definition) is 3.